The Balaban J connectivity index is 2.02. The monoisotopic (exact) mass is 349 g/mol. The first kappa shape index (κ1) is 18.4. The third-order valence-corrected chi connectivity index (χ3v) is 4.54. The number of allylic oxidation sites excluding steroid dienone is 1. The molecular formula is C17H24ClN5O. The van der Waals surface area contributed by atoms with Crippen molar-refractivity contribution in [3.05, 3.63) is 40.3 Å². The molecule has 2 rings (SSSR count). The van der Waals surface area contributed by atoms with Gasteiger partial charge in [0.15, 0.2) is 0 Å². The molecule has 2 heterocycles. The Labute approximate surface area is 147 Å². The van der Waals surface area contributed by atoms with Gasteiger partial charge < -0.3 is 16.0 Å². The van der Waals surface area contributed by atoms with E-state index in [9.17, 15) is 4.79 Å². The second kappa shape index (κ2) is 8.26. The molecule has 0 aromatic carbocycles. The standard InChI is InChI=1S/C17H24ClN5O/c1-12(2)16-13(4-3-5-21-16)11-22-6-8-23(9-7-22)14(10-19)15(18)17(20)24/h3-5,10,12,19H,6-9,11H2,1-2H3,(H2,20,24)/b15-14-,19-10?. The predicted octanol–water partition coefficient (Wildman–Crippen LogP) is 1.91. The zero-order valence-electron chi connectivity index (χ0n) is 14.1. The molecule has 1 fully saturated rings. The van der Waals surface area contributed by atoms with Crippen molar-refractivity contribution in [1.29, 1.82) is 5.41 Å². The number of hydrogen-bond donors (Lipinski definition) is 2. The number of carbonyl (C=O) groups is 1. The van der Waals surface area contributed by atoms with E-state index in [2.05, 4.69) is 29.8 Å². The minimum Gasteiger partial charge on any atom is -0.366 e. The second-order valence-electron chi connectivity index (χ2n) is 6.17. The van der Waals surface area contributed by atoms with Crippen LogP contribution in [-0.4, -0.2) is 53.1 Å². The van der Waals surface area contributed by atoms with Crippen molar-refractivity contribution in [2.75, 3.05) is 26.2 Å². The highest BCUT2D eigenvalue weighted by Gasteiger charge is 2.22. The Morgan fingerprint density at radius 3 is 2.62 bits per heavy atom. The van der Waals surface area contributed by atoms with Crippen molar-refractivity contribution in [3.63, 3.8) is 0 Å². The summed E-state index contributed by atoms with van der Waals surface area (Å²) in [6.07, 6.45) is 2.94. The number of nitrogens with two attached hydrogens (primary N) is 1. The number of hydrogen-bond acceptors (Lipinski definition) is 5. The van der Waals surface area contributed by atoms with Gasteiger partial charge in [-0.15, -0.1) is 0 Å². The average Bonchev–Trinajstić information content (AvgIpc) is 2.57. The molecule has 0 bridgehead atoms. The fourth-order valence-corrected chi connectivity index (χ4v) is 3.09. The van der Waals surface area contributed by atoms with Gasteiger partial charge in [-0.1, -0.05) is 31.5 Å². The number of piperazine rings is 1. The van der Waals surface area contributed by atoms with Crippen LogP contribution >= 0.6 is 11.6 Å². The lowest BCUT2D eigenvalue weighted by atomic mass is 10.0. The summed E-state index contributed by atoms with van der Waals surface area (Å²) >= 11 is 5.93. The molecule has 1 aliphatic rings. The van der Waals surface area contributed by atoms with Crippen molar-refractivity contribution in [2.45, 2.75) is 26.3 Å². The minimum absolute atomic E-state index is 0.0761. The molecule has 0 radical (unpaired) electrons. The molecule has 3 N–H and O–H groups in total. The predicted molar refractivity (Wildman–Crippen MR) is 96.0 cm³/mol. The number of pyridine rings is 1. The van der Waals surface area contributed by atoms with Gasteiger partial charge in [-0.2, -0.15) is 0 Å². The molecule has 7 heteroatoms. The van der Waals surface area contributed by atoms with Crippen LogP contribution in [0.25, 0.3) is 0 Å². The Bertz CT molecular complexity index is 636. The van der Waals surface area contributed by atoms with Crippen LogP contribution in [0.5, 0.6) is 0 Å². The maximum absolute atomic E-state index is 11.2. The number of rotatable bonds is 6. The van der Waals surface area contributed by atoms with Crippen LogP contribution < -0.4 is 5.73 Å². The summed E-state index contributed by atoms with van der Waals surface area (Å²) in [5, 5.41) is 7.41. The number of primary amides is 1. The van der Waals surface area contributed by atoms with Gasteiger partial charge in [-0.3, -0.25) is 14.7 Å². The maximum Gasteiger partial charge on any atom is 0.262 e. The summed E-state index contributed by atoms with van der Waals surface area (Å²) in [6.45, 7) is 8.20. The second-order valence-corrected chi connectivity index (χ2v) is 6.55. The van der Waals surface area contributed by atoms with Crippen LogP contribution in [0.4, 0.5) is 0 Å². The Hall–Kier alpha value is -1.92. The molecule has 1 saturated heterocycles. The van der Waals surface area contributed by atoms with Crippen molar-refractivity contribution in [3.8, 4) is 0 Å². The first-order chi connectivity index (χ1) is 11.4. The van der Waals surface area contributed by atoms with Crippen molar-refractivity contribution in [2.24, 2.45) is 5.73 Å². The summed E-state index contributed by atoms with van der Waals surface area (Å²) in [7, 11) is 0. The number of halogens is 1. The summed E-state index contributed by atoms with van der Waals surface area (Å²) < 4.78 is 0. The van der Waals surface area contributed by atoms with Gasteiger partial charge in [-0.05, 0) is 17.5 Å². The van der Waals surface area contributed by atoms with E-state index in [1.807, 2.05) is 17.2 Å². The third kappa shape index (κ3) is 4.33. The molecular weight excluding hydrogens is 326 g/mol. The van der Waals surface area contributed by atoms with Gasteiger partial charge in [0, 0.05) is 50.8 Å². The first-order valence-corrected chi connectivity index (χ1v) is 8.43. The molecule has 0 spiro atoms. The van der Waals surface area contributed by atoms with Crippen LogP contribution in [0, 0.1) is 5.41 Å². The van der Waals surface area contributed by atoms with Crippen molar-refractivity contribution in [1.82, 2.24) is 14.8 Å². The lowest BCUT2D eigenvalue weighted by Gasteiger charge is -2.36. The van der Waals surface area contributed by atoms with Gasteiger partial charge >= 0.3 is 0 Å². The van der Waals surface area contributed by atoms with Crippen LogP contribution in [0.15, 0.2) is 29.1 Å². The normalized spacial score (nSPS) is 16.9. The van der Waals surface area contributed by atoms with E-state index in [1.54, 1.807) is 0 Å². The van der Waals surface area contributed by atoms with E-state index < -0.39 is 5.91 Å². The highest BCUT2D eigenvalue weighted by Crippen LogP contribution is 2.20. The number of carbonyl (C=O) groups excluding carboxylic acids is 1. The van der Waals surface area contributed by atoms with E-state index in [4.69, 9.17) is 22.7 Å². The average molecular weight is 350 g/mol. The molecule has 0 unspecified atom stereocenters. The molecule has 24 heavy (non-hydrogen) atoms. The molecule has 0 aliphatic carbocycles. The Morgan fingerprint density at radius 1 is 1.42 bits per heavy atom. The molecule has 1 aromatic rings. The number of amides is 1. The quantitative estimate of drug-likeness (QED) is 0.606. The van der Waals surface area contributed by atoms with Crippen molar-refractivity contribution >= 4 is 23.7 Å². The number of nitrogens with one attached hydrogen (secondary N) is 1. The highest BCUT2D eigenvalue weighted by molar-refractivity contribution is 6.43. The summed E-state index contributed by atoms with van der Waals surface area (Å²) in [5.74, 6) is -0.307. The number of aromatic nitrogens is 1. The highest BCUT2D eigenvalue weighted by atomic mass is 35.5. The summed E-state index contributed by atoms with van der Waals surface area (Å²) in [5.41, 5.74) is 8.00. The fraction of sp³-hybridized carbons (Fsp3) is 0.471. The molecule has 130 valence electrons. The molecule has 0 atom stereocenters. The third-order valence-electron chi connectivity index (χ3n) is 4.16. The molecule has 1 aliphatic heterocycles. The topological polar surface area (TPSA) is 86.3 Å². The Kier molecular flexibility index (Phi) is 6.34. The van der Waals surface area contributed by atoms with Gasteiger partial charge in [0.05, 0.1) is 5.70 Å². The van der Waals surface area contributed by atoms with Crippen molar-refractivity contribution < 1.29 is 4.79 Å². The summed E-state index contributed by atoms with van der Waals surface area (Å²) in [4.78, 5) is 20.0. The van der Waals surface area contributed by atoms with Crippen LogP contribution in [-0.2, 0) is 11.3 Å². The van der Waals surface area contributed by atoms with E-state index in [-0.39, 0.29) is 5.03 Å². The zero-order chi connectivity index (χ0) is 17.7. The Morgan fingerprint density at radius 2 is 2.08 bits per heavy atom. The molecule has 1 amide bonds. The smallest absolute Gasteiger partial charge is 0.262 e. The van der Waals surface area contributed by atoms with Crippen LogP contribution in [0.2, 0.25) is 0 Å². The zero-order valence-corrected chi connectivity index (χ0v) is 14.9. The van der Waals surface area contributed by atoms with Gasteiger partial charge in [0.25, 0.3) is 5.91 Å². The first-order valence-electron chi connectivity index (χ1n) is 8.05. The van der Waals surface area contributed by atoms with Crippen LogP contribution in [0.3, 0.4) is 0 Å². The minimum atomic E-state index is -0.700. The maximum atomic E-state index is 11.2. The lowest BCUT2D eigenvalue weighted by Crippen LogP contribution is -2.46. The van der Waals surface area contributed by atoms with E-state index >= 15 is 0 Å². The largest absolute Gasteiger partial charge is 0.366 e. The number of nitrogens with zero attached hydrogens (tertiary/aromatic N) is 3. The molecule has 1 aromatic heterocycles. The summed E-state index contributed by atoms with van der Waals surface area (Å²) in [6, 6.07) is 4.10. The van der Waals surface area contributed by atoms with Crippen LogP contribution in [0.1, 0.15) is 31.0 Å². The van der Waals surface area contributed by atoms with E-state index in [0.29, 0.717) is 24.7 Å². The molecule has 6 nitrogen and oxygen atoms in total. The van der Waals surface area contributed by atoms with Gasteiger partial charge in [0.1, 0.15) is 5.03 Å². The molecule has 0 saturated carbocycles. The van der Waals surface area contributed by atoms with Gasteiger partial charge in [0.2, 0.25) is 0 Å². The fourth-order valence-electron chi connectivity index (χ4n) is 2.91. The van der Waals surface area contributed by atoms with Gasteiger partial charge in [-0.25, -0.2) is 0 Å². The van der Waals surface area contributed by atoms with E-state index in [0.717, 1.165) is 31.5 Å². The lowest BCUT2D eigenvalue weighted by molar-refractivity contribution is -0.114. The SMILES string of the molecule is CC(C)c1ncccc1CN1CCN(/C(C=N)=C(\Cl)C(N)=O)CC1. The van der Waals surface area contributed by atoms with E-state index in [1.165, 1.54) is 5.56 Å².